The Labute approximate surface area is 188 Å². The number of aromatic nitrogens is 2. The molecule has 0 saturated carbocycles. The Hall–Kier alpha value is -3.35. The van der Waals surface area contributed by atoms with Crippen molar-refractivity contribution in [1.29, 1.82) is 0 Å². The molecule has 0 bridgehead atoms. The standard InChI is InChI=1S/C25H30N4O3/c1-17-10-11-18-20(16-17)26-22(19-8-6-5-7-9-21(19)30)27-23(18)28-12-14-29(15-13-28)24(31)32-25(2,3)4/h6-11,16,30H,5,12-15H2,1-4H3. The molecule has 1 saturated heterocycles. The molecule has 1 N–H and O–H groups in total. The lowest BCUT2D eigenvalue weighted by Crippen LogP contribution is -2.50. The summed E-state index contributed by atoms with van der Waals surface area (Å²) in [4.78, 5) is 26.0. The van der Waals surface area contributed by atoms with Crippen molar-refractivity contribution in [3.63, 3.8) is 0 Å². The highest BCUT2D eigenvalue weighted by Crippen LogP contribution is 2.29. The number of fused-ring (bicyclic) bond motifs is 1. The van der Waals surface area contributed by atoms with E-state index < -0.39 is 5.60 Å². The van der Waals surface area contributed by atoms with Crippen molar-refractivity contribution in [3.05, 3.63) is 59.7 Å². The van der Waals surface area contributed by atoms with Gasteiger partial charge in [-0.3, -0.25) is 0 Å². The van der Waals surface area contributed by atoms with Gasteiger partial charge < -0.3 is 19.6 Å². The molecule has 7 nitrogen and oxygen atoms in total. The van der Waals surface area contributed by atoms with E-state index in [0.29, 0.717) is 37.6 Å². The van der Waals surface area contributed by atoms with Gasteiger partial charge >= 0.3 is 6.09 Å². The van der Waals surface area contributed by atoms with Crippen molar-refractivity contribution in [2.75, 3.05) is 31.1 Å². The number of allylic oxidation sites excluding steroid dienone is 5. The second-order valence-electron chi connectivity index (χ2n) is 9.19. The third kappa shape index (κ3) is 4.77. The van der Waals surface area contributed by atoms with Gasteiger partial charge in [0.05, 0.1) is 11.1 Å². The van der Waals surface area contributed by atoms with E-state index in [1.54, 1.807) is 11.0 Å². The van der Waals surface area contributed by atoms with E-state index in [2.05, 4.69) is 11.0 Å². The average Bonchev–Trinajstić information content (AvgIpc) is 2.96. The Morgan fingerprint density at radius 2 is 1.78 bits per heavy atom. The van der Waals surface area contributed by atoms with Crippen LogP contribution in [0.5, 0.6) is 0 Å². The van der Waals surface area contributed by atoms with Gasteiger partial charge in [0.1, 0.15) is 17.2 Å². The number of hydrogen-bond donors (Lipinski definition) is 1. The fraction of sp³-hybridized carbons (Fsp3) is 0.400. The number of ether oxygens (including phenoxy) is 1. The smallest absolute Gasteiger partial charge is 0.410 e. The quantitative estimate of drug-likeness (QED) is 0.733. The summed E-state index contributed by atoms with van der Waals surface area (Å²) in [7, 11) is 0. The van der Waals surface area contributed by atoms with Gasteiger partial charge in [-0.1, -0.05) is 24.3 Å². The number of nitrogens with zero attached hydrogens (tertiary/aromatic N) is 4. The van der Waals surface area contributed by atoms with Crippen LogP contribution in [0.1, 0.15) is 38.6 Å². The zero-order chi connectivity index (χ0) is 22.9. The van der Waals surface area contributed by atoms with Crippen LogP contribution in [-0.4, -0.2) is 57.8 Å². The van der Waals surface area contributed by atoms with Crippen molar-refractivity contribution < 1.29 is 14.6 Å². The minimum atomic E-state index is -0.514. The fourth-order valence-corrected chi connectivity index (χ4v) is 3.82. The Balaban J connectivity index is 1.67. The lowest BCUT2D eigenvalue weighted by atomic mass is 10.1. The Bertz CT molecular complexity index is 1120. The first kappa shape index (κ1) is 21.9. The molecule has 1 aromatic heterocycles. The third-order valence-electron chi connectivity index (χ3n) is 5.41. The molecular weight excluding hydrogens is 404 g/mol. The van der Waals surface area contributed by atoms with Gasteiger partial charge in [0.25, 0.3) is 0 Å². The lowest BCUT2D eigenvalue weighted by molar-refractivity contribution is 0.0240. The molecule has 1 aromatic carbocycles. The van der Waals surface area contributed by atoms with Crippen molar-refractivity contribution >= 4 is 28.4 Å². The molecular formula is C25H30N4O3. The summed E-state index contributed by atoms with van der Waals surface area (Å²) >= 11 is 0. The minimum Gasteiger partial charge on any atom is -0.507 e. The van der Waals surface area contributed by atoms with Gasteiger partial charge in [-0.05, 0) is 57.9 Å². The molecule has 4 rings (SSSR count). The van der Waals surface area contributed by atoms with E-state index in [9.17, 15) is 9.90 Å². The number of aliphatic hydroxyl groups excluding tert-OH is 1. The second kappa shape index (κ2) is 8.65. The first-order valence-corrected chi connectivity index (χ1v) is 11.0. The van der Waals surface area contributed by atoms with Gasteiger partial charge in [-0.15, -0.1) is 0 Å². The lowest BCUT2D eigenvalue weighted by Gasteiger charge is -2.36. The summed E-state index contributed by atoms with van der Waals surface area (Å²) in [6.07, 6.45) is 7.92. The first-order chi connectivity index (χ1) is 15.2. The van der Waals surface area contributed by atoms with Crippen LogP contribution in [0.4, 0.5) is 10.6 Å². The molecule has 0 unspecified atom stereocenters. The normalized spacial score (nSPS) is 17.1. The molecule has 7 heteroatoms. The van der Waals surface area contributed by atoms with Crippen LogP contribution < -0.4 is 4.90 Å². The first-order valence-electron chi connectivity index (χ1n) is 11.0. The number of aliphatic hydroxyl groups is 1. The highest BCUT2D eigenvalue weighted by atomic mass is 16.6. The predicted octanol–water partition coefficient (Wildman–Crippen LogP) is 4.78. The van der Waals surface area contributed by atoms with E-state index in [0.717, 1.165) is 28.7 Å². The topological polar surface area (TPSA) is 78.8 Å². The van der Waals surface area contributed by atoms with Gasteiger partial charge in [0.2, 0.25) is 0 Å². The zero-order valence-electron chi connectivity index (χ0n) is 19.1. The number of amides is 1. The monoisotopic (exact) mass is 434 g/mol. The third-order valence-corrected chi connectivity index (χ3v) is 5.41. The van der Waals surface area contributed by atoms with Gasteiger partial charge in [0.15, 0.2) is 5.82 Å². The van der Waals surface area contributed by atoms with Crippen LogP contribution in [0.3, 0.4) is 0 Å². The maximum atomic E-state index is 12.4. The van der Waals surface area contributed by atoms with Gasteiger partial charge in [0, 0.05) is 31.6 Å². The second-order valence-corrected chi connectivity index (χ2v) is 9.19. The minimum absolute atomic E-state index is 0.159. The van der Waals surface area contributed by atoms with Crippen LogP contribution in [0.25, 0.3) is 16.5 Å². The van der Waals surface area contributed by atoms with E-state index in [1.165, 1.54) is 0 Å². The summed E-state index contributed by atoms with van der Waals surface area (Å²) in [5.74, 6) is 1.47. The number of anilines is 1. The molecule has 1 amide bonds. The molecule has 168 valence electrons. The number of carbonyl (C=O) groups excluding carboxylic acids is 1. The number of hydrogen-bond acceptors (Lipinski definition) is 6. The molecule has 2 aromatic rings. The number of carbonyl (C=O) groups is 1. The molecule has 1 fully saturated rings. The highest BCUT2D eigenvalue weighted by molar-refractivity contribution is 5.92. The SMILES string of the molecule is Cc1ccc2c(N3CCN(C(=O)OC(C)(C)C)CC3)nc(C3=C(O)C=CCC=C3)nc2c1. The van der Waals surface area contributed by atoms with Crippen LogP contribution in [0, 0.1) is 6.92 Å². The zero-order valence-corrected chi connectivity index (χ0v) is 19.1. The van der Waals surface area contributed by atoms with Crippen molar-refractivity contribution in [2.45, 2.75) is 39.7 Å². The van der Waals surface area contributed by atoms with Crippen molar-refractivity contribution in [1.82, 2.24) is 14.9 Å². The highest BCUT2D eigenvalue weighted by Gasteiger charge is 2.27. The van der Waals surface area contributed by atoms with Crippen molar-refractivity contribution in [2.24, 2.45) is 0 Å². The van der Waals surface area contributed by atoms with Crippen LogP contribution in [0.15, 0.2) is 48.3 Å². The largest absolute Gasteiger partial charge is 0.507 e. The molecule has 1 aliphatic carbocycles. The number of piperazine rings is 1. The Morgan fingerprint density at radius 1 is 1.06 bits per heavy atom. The molecule has 0 atom stereocenters. The summed E-state index contributed by atoms with van der Waals surface area (Å²) in [5, 5.41) is 11.5. The summed E-state index contributed by atoms with van der Waals surface area (Å²) in [5.41, 5.74) is 2.04. The number of benzene rings is 1. The summed E-state index contributed by atoms with van der Waals surface area (Å²) in [6, 6.07) is 6.13. The molecule has 2 heterocycles. The van der Waals surface area contributed by atoms with E-state index >= 15 is 0 Å². The summed E-state index contributed by atoms with van der Waals surface area (Å²) < 4.78 is 5.52. The molecule has 2 aliphatic rings. The predicted molar refractivity (Wildman–Crippen MR) is 127 cm³/mol. The summed E-state index contributed by atoms with van der Waals surface area (Å²) in [6.45, 7) is 10.0. The van der Waals surface area contributed by atoms with Gasteiger partial charge in [-0.25, -0.2) is 14.8 Å². The maximum absolute atomic E-state index is 12.4. The number of aryl methyl sites for hydroxylation is 1. The van der Waals surface area contributed by atoms with Crippen LogP contribution in [0.2, 0.25) is 0 Å². The van der Waals surface area contributed by atoms with E-state index in [-0.39, 0.29) is 11.9 Å². The van der Waals surface area contributed by atoms with Crippen LogP contribution in [-0.2, 0) is 4.74 Å². The number of rotatable bonds is 2. The molecule has 0 radical (unpaired) electrons. The Kier molecular flexibility index (Phi) is 5.91. The molecule has 0 spiro atoms. The van der Waals surface area contributed by atoms with Crippen LogP contribution >= 0.6 is 0 Å². The fourth-order valence-electron chi connectivity index (χ4n) is 3.82. The van der Waals surface area contributed by atoms with E-state index in [1.807, 2.05) is 58.1 Å². The van der Waals surface area contributed by atoms with Gasteiger partial charge in [-0.2, -0.15) is 0 Å². The van der Waals surface area contributed by atoms with Crippen molar-refractivity contribution in [3.8, 4) is 0 Å². The average molecular weight is 435 g/mol. The van der Waals surface area contributed by atoms with E-state index in [4.69, 9.17) is 14.7 Å². The molecule has 1 aliphatic heterocycles. The molecule has 32 heavy (non-hydrogen) atoms. The Morgan fingerprint density at radius 3 is 2.50 bits per heavy atom. The maximum Gasteiger partial charge on any atom is 0.410 e.